The van der Waals surface area contributed by atoms with Gasteiger partial charge in [-0.1, -0.05) is 23.2 Å². The first-order valence-corrected chi connectivity index (χ1v) is 7.36. The van der Waals surface area contributed by atoms with Gasteiger partial charge in [0.2, 0.25) is 0 Å². The van der Waals surface area contributed by atoms with Crippen LogP contribution in [0.1, 0.15) is 10.5 Å². The third-order valence-electron chi connectivity index (χ3n) is 3.01. The summed E-state index contributed by atoms with van der Waals surface area (Å²) in [7, 11) is 0. The van der Waals surface area contributed by atoms with Gasteiger partial charge in [-0.3, -0.25) is 9.78 Å². The molecule has 3 aromatic rings. The van der Waals surface area contributed by atoms with Gasteiger partial charge in [0, 0.05) is 16.2 Å². The highest BCUT2D eigenvalue weighted by Gasteiger charge is 2.10. The second-order valence-corrected chi connectivity index (χ2v) is 5.54. The Hall–Kier alpha value is -2.50. The zero-order valence-electron chi connectivity index (χ0n) is 11.7. The number of nitrogens with zero attached hydrogens (tertiary/aromatic N) is 3. The number of carbonyl (C=O) groups is 1. The molecule has 3 rings (SSSR count). The van der Waals surface area contributed by atoms with E-state index in [0.29, 0.717) is 15.7 Å². The van der Waals surface area contributed by atoms with Crippen LogP contribution < -0.4 is 5.32 Å². The molecule has 5 nitrogen and oxygen atoms in total. The maximum atomic E-state index is 12.3. The lowest BCUT2D eigenvalue weighted by Gasteiger charge is -2.07. The number of amides is 1. The van der Waals surface area contributed by atoms with Crippen LogP contribution in [0.25, 0.3) is 11.1 Å². The summed E-state index contributed by atoms with van der Waals surface area (Å²) in [6.45, 7) is 0. The molecule has 0 bridgehead atoms. The number of rotatable bonds is 3. The zero-order valence-corrected chi connectivity index (χ0v) is 13.2. The van der Waals surface area contributed by atoms with Gasteiger partial charge < -0.3 is 5.32 Å². The minimum atomic E-state index is -0.352. The van der Waals surface area contributed by atoms with Crippen molar-refractivity contribution in [3.05, 3.63) is 71.0 Å². The minimum absolute atomic E-state index is 0.266. The number of benzene rings is 1. The van der Waals surface area contributed by atoms with Gasteiger partial charge in [0.25, 0.3) is 5.91 Å². The predicted molar refractivity (Wildman–Crippen MR) is 89.7 cm³/mol. The molecule has 0 radical (unpaired) electrons. The Kier molecular flexibility index (Phi) is 4.50. The van der Waals surface area contributed by atoms with Crippen LogP contribution in [0.2, 0.25) is 10.0 Å². The van der Waals surface area contributed by atoms with Gasteiger partial charge >= 0.3 is 0 Å². The molecule has 0 fully saturated rings. The number of hydrogen-bond acceptors (Lipinski definition) is 4. The molecule has 114 valence electrons. The molecule has 0 aliphatic rings. The monoisotopic (exact) mass is 344 g/mol. The van der Waals surface area contributed by atoms with Crippen molar-refractivity contribution in [2.75, 3.05) is 5.32 Å². The van der Waals surface area contributed by atoms with E-state index in [2.05, 4.69) is 20.3 Å². The van der Waals surface area contributed by atoms with Gasteiger partial charge in [-0.2, -0.15) is 0 Å². The van der Waals surface area contributed by atoms with E-state index in [0.717, 1.165) is 11.1 Å². The zero-order chi connectivity index (χ0) is 16.2. The summed E-state index contributed by atoms with van der Waals surface area (Å²) in [5.41, 5.74) is 2.36. The lowest BCUT2D eigenvalue weighted by molar-refractivity contribution is 0.102. The van der Waals surface area contributed by atoms with Crippen molar-refractivity contribution in [1.29, 1.82) is 0 Å². The van der Waals surface area contributed by atoms with Crippen LogP contribution in [0, 0.1) is 0 Å². The summed E-state index contributed by atoms with van der Waals surface area (Å²) < 4.78 is 0. The molecule has 0 saturated heterocycles. The van der Waals surface area contributed by atoms with Crippen molar-refractivity contribution in [1.82, 2.24) is 15.0 Å². The Morgan fingerprint density at radius 1 is 0.957 bits per heavy atom. The van der Waals surface area contributed by atoms with Gasteiger partial charge in [-0.15, -0.1) is 0 Å². The van der Waals surface area contributed by atoms with E-state index in [4.69, 9.17) is 23.2 Å². The third-order valence-corrected chi connectivity index (χ3v) is 3.44. The second kappa shape index (κ2) is 6.73. The van der Waals surface area contributed by atoms with Crippen molar-refractivity contribution < 1.29 is 4.79 Å². The largest absolute Gasteiger partial charge is 0.318 e. The average Bonchev–Trinajstić information content (AvgIpc) is 2.55. The summed E-state index contributed by atoms with van der Waals surface area (Å²) in [6, 6.07) is 8.65. The fourth-order valence-electron chi connectivity index (χ4n) is 2.01. The molecule has 0 unspecified atom stereocenters. The van der Waals surface area contributed by atoms with Crippen LogP contribution in [-0.4, -0.2) is 20.9 Å². The fourth-order valence-corrected chi connectivity index (χ4v) is 2.54. The fraction of sp³-hybridized carbons (Fsp3) is 0. The van der Waals surface area contributed by atoms with Crippen molar-refractivity contribution in [3.8, 4) is 11.1 Å². The highest BCUT2D eigenvalue weighted by molar-refractivity contribution is 6.35. The lowest BCUT2D eigenvalue weighted by atomic mass is 10.1. The molecule has 0 aliphatic heterocycles. The van der Waals surface area contributed by atoms with Gasteiger partial charge in [0.15, 0.2) is 0 Å². The first-order chi connectivity index (χ1) is 11.1. The Morgan fingerprint density at radius 2 is 1.65 bits per heavy atom. The average molecular weight is 345 g/mol. The lowest BCUT2D eigenvalue weighted by Crippen LogP contribution is -2.13. The Morgan fingerprint density at radius 3 is 2.35 bits per heavy atom. The number of pyridine rings is 1. The Balaban J connectivity index is 1.89. The number of carbonyl (C=O) groups excluding carboxylic acids is 1. The van der Waals surface area contributed by atoms with E-state index in [-0.39, 0.29) is 11.6 Å². The van der Waals surface area contributed by atoms with Crippen LogP contribution in [0.4, 0.5) is 5.69 Å². The Labute approximate surface area is 142 Å². The van der Waals surface area contributed by atoms with Crippen molar-refractivity contribution in [2.45, 2.75) is 0 Å². The van der Waals surface area contributed by atoms with Crippen LogP contribution in [-0.2, 0) is 0 Å². The number of aromatic nitrogens is 3. The van der Waals surface area contributed by atoms with Crippen LogP contribution in [0.5, 0.6) is 0 Å². The maximum absolute atomic E-state index is 12.3. The van der Waals surface area contributed by atoms with Crippen LogP contribution in [0.15, 0.2) is 55.2 Å². The number of nitrogens with one attached hydrogen (secondary N) is 1. The summed E-state index contributed by atoms with van der Waals surface area (Å²) >= 11 is 12.0. The molecule has 1 amide bonds. The molecule has 0 aliphatic carbocycles. The molecule has 0 spiro atoms. The molecule has 7 heteroatoms. The number of hydrogen-bond donors (Lipinski definition) is 1. The normalized spacial score (nSPS) is 10.3. The van der Waals surface area contributed by atoms with Crippen molar-refractivity contribution in [2.24, 2.45) is 0 Å². The van der Waals surface area contributed by atoms with E-state index < -0.39 is 0 Å². The highest BCUT2D eigenvalue weighted by atomic mass is 35.5. The SMILES string of the molecule is O=C(Nc1cncnc1)c1cc(-c2cc(Cl)cc(Cl)c2)ccn1. The van der Waals surface area contributed by atoms with Gasteiger partial charge in [0.05, 0.1) is 18.1 Å². The third kappa shape index (κ3) is 3.83. The molecular weight excluding hydrogens is 335 g/mol. The van der Waals surface area contributed by atoms with E-state index in [1.54, 1.807) is 36.5 Å². The molecule has 2 heterocycles. The summed E-state index contributed by atoms with van der Waals surface area (Å²) in [5.74, 6) is -0.352. The Bertz CT molecular complexity index is 835. The summed E-state index contributed by atoms with van der Waals surface area (Å²) in [5, 5.41) is 3.73. The molecule has 0 saturated carbocycles. The van der Waals surface area contributed by atoms with Crippen LogP contribution in [0.3, 0.4) is 0 Å². The molecule has 1 aromatic carbocycles. The van der Waals surface area contributed by atoms with E-state index >= 15 is 0 Å². The smallest absolute Gasteiger partial charge is 0.274 e. The summed E-state index contributed by atoms with van der Waals surface area (Å²) in [4.78, 5) is 24.0. The predicted octanol–water partition coefficient (Wildman–Crippen LogP) is 4.10. The topological polar surface area (TPSA) is 67.8 Å². The summed E-state index contributed by atoms with van der Waals surface area (Å²) in [6.07, 6.45) is 5.95. The van der Waals surface area contributed by atoms with E-state index in [1.165, 1.54) is 18.7 Å². The highest BCUT2D eigenvalue weighted by Crippen LogP contribution is 2.27. The van der Waals surface area contributed by atoms with E-state index in [9.17, 15) is 4.79 Å². The first kappa shape index (κ1) is 15.4. The molecule has 23 heavy (non-hydrogen) atoms. The van der Waals surface area contributed by atoms with Crippen LogP contribution >= 0.6 is 23.2 Å². The van der Waals surface area contributed by atoms with Gasteiger partial charge in [-0.05, 0) is 41.5 Å². The van der Waals surface area contributed by atoms with Gasteiger partial charge in [-0.25, -0.2) is 9.97 Å². The molecule has 0 atom stereocenters. The molecule has 1 N–H and O–H groups in total. The molecular formula is C16H10Cl2N4O. The van der Waals surface area contributed by atoms with Gasteiger partial charge in [0.1, 0.15) is 12.0 Å². The van der Waals surface area contributed by atoms with Crippen molar-refractivity contribution >= 4 is 34.8 Å². The van der Waals surface area contributed by atoms with Crippen molar-refractivity contribution in [3.63, 3.8) is 0 Å². The number of halogens is 2. The quantitative estimate of drug-likeness (QED) is 0.776. The standard InChI is InChI=1S/C16H10Cl2N4O/c17-12-3-11(4-13(18)6-12)10-1-2-21-15(5-10)16(23)22-14-7-19-9-20-8-14/h1-9H,(H,22,23). The molecule has 2 aromatic heterocycles. The second-order valence-electron chi connectivity index (χ2n) is 4.67. The maximum Gasteiger partial charge on any atom is 0.274 e. The minimum Gasteiger partial charge on any atom is -0.318 e. The van der Waals surface area contributed by atoms with E-state index in [1.807, 2.05) is 0 Å². The first-order valence-electron chi connectivity index (χ1n) is 6.61. The number of anilines is 1.